The largest absolute Gasteiger partial charge is 0.378 e. The van der Waals surface area contributed by atoms with Gasteiger partial charge in [-0.2, -0.15) is 0 Å². The summed E-state index contributed by atoms with van der Waals surface area (Å²) in [7, 11) is 0. The van der Waals surface area contributed by atoms with Gasteiger partial charge in [-0.05, 0) is 17.7 Å². The van der Waals surface area contributed by atoms with Gasteiger partial charge in [-0.15, -0.1) is 0 Å². The third kappa shape index (κ3) is 3.17. The van der Waals surface area contributed by atoms with Crippen molar-refractivity contribution in [2.24, 2.45) is 0 Å². The predicted octanol–water partition coefficient (Wildman–Crippen LogP) is 0.183. The third-order valence-corrected chi connectivity index (χ3v) is 5.50. The highest BCUT2D eigenvalue weighted by atomic mass is 16.5. The van der Waals surface area contributed by atoms with Crippen molar-refractivity contribution in [2.45, 2.75) is 12.6 Å². The first-order chi connectivity index (χ1) is 13.7. The molecule has 1 N–H and O–H groups in total. The summed E-state index contributed by atoms with van der Waals surface area (Å²) in [5.74, 6) is 0.378. The maximum absolute atomic E-state index is 12.1. The summed E-state index contributed by atoms with van der Waals surface area (Å²) < 4.78 is 12.3. The summed E-state index contributed by atoms with van der Waals surface area (Å²) in [6, 6.07) is 7.64. The molecular weight excluding hydrogens is 362 g/mol. The maximum Gasteiger partial charge on any atom is 0.334 e. The first-order valence-corrected chi connectivity index (χ1v) is 9.42. The van der Waals surface area contributed by atoms with Crippen LogP contribution < -0.4 is 11.2 Å². The smallest absolute Gasteiger partial charge is 0.334 e. The average Bonchev–Trinajstić information content (AvgIpc) is 3.11. The molecule has 1 aromatic carbocycles. The lowest BCUT2D eigenvalue weighted by Crippen LogP contribution is -2.57. The highest BCUT2D eigenvalue weighted by Crippen LogP contribution is 2.24. The number of fused-ring (bicyclic) bond motifs is 2. The minimum atomic E-state index is -0.540. The van der Waals surface area contributed by atoms with Gasteiger partial charge >= 0.3 is 5.69 Å². The van der Waals surface area contributed by atoms with E-state index in [0.29, 0.717) is 17.4 Å². The Morgan fingerprint density at radius 2 is 2.11 bits per heavy atom. The molecule has 9 heteroatoms. The van der Waals surface area contributed by atoms with Crippen molar-refractivity contribution in [3.05, 3.63) is 56.9 Å². The molecule has 0 saturated carbocycles. The van der Waals surface area contributed by atoms with Gasteiger partial charge in [-0.3, -0.25) is 19.6 Å². The standard InChI is InChI=1S/C19H21N5O4/c25-17-3-4-24(19(26)20-17)18-15-9-13(1-2-16(15)28-21-18)10-22-5-6-23-7-8-27-12-14(23)11-22/h1-4,9,14H,5-8,10-12H2,(H,20,25,26). The Bertz CT molecular complexity index is 1120. The van der Waals surface area contributed by atoms with Gasteiger partial charge in [0.05, 0.1) is 18.6 Å². The molecule has 1 atom stereocenters. The van der Waals surface area contributed by atoms with E-state index in [4.69, 9.17) is 9.26 Å². The van der Waals surface area contributed by atoms with Crippen LogP contribution in [0.3, 0.4) is 0 Å². The molecule has 3 aromatic rings. The van der Waals surface area contributed by atoms with Gasteiger partial charge in [0.1, 0.15) is 0 Å². The fourth-order valence-corrected chi connectivity index (χ4v) is 4.04. The molecule has 2 aliphatic rings. The van der Waals surface area contributed by atoms with Gasteiger partial charge in [0.15, 0.2) is 11.4 Å². The normalized spacial score (nSPS) is 21.1. The number of ether oxygens (including phenoxy) is 1. The molecule has 1 unspecified atom stereocenters. The topological polar surface area (TPSA) is 96.6 Å². The Morgan fingerprint density at radius 3 is 3.00 bits per heavy atom. The van der Waals surface area contributed by atoms with E-state index >= 15 is 0 Å². The maximum atomic E-state index is 12.1. The molecule has 0 radical (unpaired) electrons. The number of rotatable bonds is 3. The van der Waals surface area contributed by atoms with Gasteiger partial charge < -0.3 is 9.26 Å². The third-order valence-electron chi connectivity index (χ3n) is 5.50. The molecule has 2 fully saturated rings. The molecule has 2 aliphatic heterocycles. The molecule has 2 saturated heterocycles. The number of nitrogens with zero attached hydrogens (tertiary/aromatic N) is 4. The lowest BCUT2D eigenvalue weighted by molar-refractivity contribution is -0.0461. The zero-order chi connectivity index (χ0) is 19.1. The highest BCUT2D eigenvalue weighted by Gasteiger charge is 2.29. The molecule has 0 amide bonds. The van der Waals surface area contributed by atoms with Crippen molar-refractivity contribution in [3.63, 3.8) is 0 Å². The van der Waals surface area contributed by atoms with Gasteiger partial charge in [0.2, 0.25) is 0 Å². The molecular formula is C19H21N5O4. The van der Waals surface area contributed by atoms with E-state index < -0.39 is 11.2 Å². The van der Waals surface area contributed by atoms with Crippen LogP contribution in [0, 0.1) is 0 Å². The van der Waals surface area contributed by atoms with Crippen molar-refractivity contribution in [2.75, 3.05) is 39.4 Å². The van der Waals surface area contributed by atoms with E-state index in [1.807, 2.05) is 18.2 Å². The summed E-state index contributed by atoms with van der Waals surface area (Å²) >= 11 is 0. The Kier molecular flexibility index (Phi) is 4.34. The summed E-state index contributed by atoms with van der Waals surface area (Å²) in [6.45, 7) is 6.50. The molecule has 146 valence electrons. The van der Waals surface area contributed by atoms with Crippen LogP contribution in [-0.2, 0) is 11.3 Å². The molecule has 2 aromatic heterocycles. The number of aromatic amines is 1. The van der Waals surface area contributed by atoms with E-state index in [-0.39, 0.29) is 0 Å². The minimum absolute atomic E-state index is 0.378. The second-order valence-corrected chi connectivity index (χ2v) is 7.32. The summed E-state index contributed by atoms with van der Waals surface area (Å²) in [5.41, 5.74) is 0.740. The number of piperazine rings is 1. The van der Waals surface area contributed by atoms with Crippen molar-refractivity contribution in [1.82, 2.24) is 24.5 Å². The van der Waals surface area contributed by atoms with E-state index in [0.717, 1.165) is 56.9 Å². The van der Waals surface area contributed by atoms with Crippen LogP contribution in [0.25, 0.3) is 16.8 Å². The lowest BCUT2D eigenvalue weighted by atomic mass is 10.1. The van der Waals surface area contributed by atoms with Crippen LogP contribution in [0.5, 0.6) is 0 Å². The number of morpholine rings is 1. The molecule has 9 nitrogen and oxygen atoms in total. The van der Waals surface area contributed by atoms with Crippen molar-refractivity contribution in [1.29, 1.82) is 0 Å². The first-order valence-electron chi connectivity index (χ1n) is 9.42. The Labute approximate surface area is 160 Å². The van der Waals surface area contributed by atoms with Crippen molar-refractivity contribution in [3.8, 4) is 5.82 Å². The number of hydrogen-bond donors (Lipinski definition) is 1. The fourth-order valence-electron chi connectivity index (χ4n) is 4.04. The van der Waals surface area contributed by atoms with Crippen LogP contribution in [0.4, 0.5) is 0 Å². The van der Waals surface area contributed by atoms with Crippen LogP contribution in [-0.4, -0.2) is 69.9 Å². The number of aromatic nitrogens is 3. The van der Waals surface area contributed by atoms with Gasteiger partial charge in [0.25, 0.3) is 5.56 Å². The van der Waals surface area contributed by atoms with E-state index in [1.165, 1.54) is 16.8 Å². The van der Waals surface area contributed by atoms with Gasteiger partial charge in [0, 0.05) is 51.0 Å². The molecule has 0 aliphatic carbocycles. The first kappa shape index (κ1) is 17.4. The predicted molar refractivity (Wildman–Crippen MR) is 102 cm³/mol. The van der Waals surface area contributed by atoms with E-state index in [2.05, 4.69) is 19.9 Å². The Balaban J connectivity index is 1.42. The van der Waals surface area contributed by atoms with E-state index in [1.54, 1.807) is 0 Å². The van der Waals surface area contributed by atoms with Crippen molar-refractivity contribution >= 4 is 11.0 Å². The Hall–Kier alpha value is -2.75. The number of benzene rings is 1. The summed E-state index contributed by atoms with van der Waals surface area (Å²) in [4.78, 5) is 30.6. The van der Waals surface area contributed by atoms with Crippen LogP contribution >= 0.6 is 0 Å². The molecule has 5 rings (SSSR count). The second-order valence-electron chi connectivity index (χ2n) is 7.32. The molecule has 28 heavy (non-hydrogen) atoms. The number of hydrogen-bond acceptors (Lipinski definition) is 7. The second kappa shape index (κ2) is 7.01. The van der Waals surface area contributed by atoms with E-state index in [9.17, 15) is 9.59 Å². The number of H-pyrrole nitrogens is 1. The lowest BCUT2D eigenvalue weighted by Gasteiger charge is -2.43. The van der Waals surface area contributed by atoms with Crippen LogP contribution in [0.1, 0.15) is 5.56 Å². The zero-order valence-corrected chi connectivity index (χ0v) is 15.3. The van der Waals surface area contributed by atoms with Crippen LogP contribution in [0.15, 0.2) is 44.6 Å². The molecule has 0 bridgehead atoms. The number of nitrogens with one attached hydrogen (secondary N) is 1. The monoisotopic (exact) mass is 383 g/mol. The summed E-state index contributed by atoms with van der Waals surface area (Å²) in [5, 5.41) is 4.77. The average molecular weight is 383 g/mol. The van der Waals surface area contributed by atoms with Crippen molar-refractivity contribution < 1.29 is 9.26 Å². The molecule has 0 spiro atoms. The summed E-state index contributed by atoms with van der Waals surface area (Å²) in [6.07, 6.45) is 1.41. The zero-order valence-electron chi connectivity index (χ0n) is 15.3. The van der Waals surface area contributed by atoms with Gasteiger partial charge in [-0.25, -0.2) is 9.36 Å². The van der Waals surface area contributed by atoms with Crippen LogP contribution in [0.2, 0.25) is 0 Å². The highest BCUT2D eigenvalue weighted by molar-refractivity contribution is 5.84. The Morgan fingerprint density at radius 1 is 1.18 bits per heavy atom. The minimum Gasteiger partial charge on any atom is -0.378 e. The SMILES string of the molecule is O=c1ccn(-c2noc3ccc(CN4CCN5CCOCC5C4)cc23)c(=O)[nH]1. The quantitative estimate of drug-likeness (QED) is 0.689. The molecule has 4 heterocycles. The van der Waals surface area contributed by atoms with Gasteiger partial charge in [-0.1, -0.05) is 11.2 Å². The fraction of sp³-hybridized carbons (Fsp3) is 0.421.